The molecular formula is C35H39N5O11. The van der Waals surface area contributed by atoms with Gasteiger partial charge in [-0.2, -0.15) is 0 Å². The molecule has 3 aromatic rings. The number of aliphatic hydroxyl groups excluding tert-OH is 1. The van der Waals surface area contributed by atoms with E-state index in [2.05, 4.69) is 0 Å². The second-order valence-electron chi connectivity index (χ2n) is 12.6. The number of hydrogen-bond donors (Lipinski definition) is 3. The minimum absolute atomic E-state index is 0.00343. The van der Waals surface area contributed by atoms with Crippen LogP contribution in [0.25, 0.3) is 22.3 Å². The number of aliphatic carboxylic acids is 2. The summed E-state index contributed by atoms with van der Waals surface area (Å²) in [6, 6.07) is 6.38. The second kappa shape index (κ2) is 13.7. The van der Waals surface area contributed by atoms with Gasteiger partial charge in [0.2, 0.25) is 0 Å². The quantitative estimate of drug-likeness (QED) is 0.207. The van der Waals surface area contributed by atoms with E-state index in [-0.39, 0.29) is 88.0 Å². The number of benzene rings is 1. The van der Waals surface area contributed by atoms with Crippen LogP contribution in [0.5, 0.6) is 5.75 Å². The number of piperidine rings is 1. The molecule has 0 bridgehead atoms. The van der Waals surface area contributed by atoms with Crippen molar-refractivity contribution in [3.05, 3.63) is 56.9 Å². The number of hydrogen-bond acceptors (Lipinski definition) is 10. The Morgan fingerprint density at radius 1 is 0.922 bits per heavy atom. The molecule has 16 heteroatoms. The molecule has 3 amide bonds. The van der Waals surface area contributed by atoms with Gasteiger partial charge in [-0.3, -0.25) is 14.4 Å². The molecule has 4 aliphatic heterocycles. The highest BCUT2D eigenvalue weighted by Crippen LogP contribution is 2.39. The summed E-state index contributed by atoms with van der Waals surface area (Å²) >= 11 is 0. The van der Waals surface area contributed by atoms with Gasteiger partial charge in [0, 0.05) is 55.8 Å². The molecule has 51 heavy (non-hydrogen) atoms. The lowest BCUT2D eigenvalue weighted by Crippen LogP contribution is -2.57. The summed E-state index contributed by atoms with van der Waals surface area (Å²) in [4.78, 5) is 84.1. The number of carbonyl (C=O) groups is 5. The van der Waals surface area contributed by atoms with E-state index in [4.69, 9.17) is 14.5 Å². The maximum absolute atomic E-state index is 13.4. The number of likely N-dealkylation sites (tertiary alicyclic amines) is 1. The van der Waals surface area contributed by atoms with Crippen molar-refractivity contribution in [1.29, 1.82) is 0 Å². The van der Waals surface area contributed by atoms with Crippen LogP contribution in [0.15, 0.2) is 29.1 Å². The molecule has 7 rings (SSSR count). The summed E-state index contributed by atoms with van der Waals surface area (Å²) in [7, 11) is 0. The Morgan fingerprint density at radius 3 is 2.18 bits per heavy atom. The van der Waals surface area contributed by atoms with Crippen LogP contribution in [0.4, 0.5) is 9.59 Å². The number of fused-ring (bicyclic) bond motifs is 5. The Hall–Kier alpha value is -5.51. The SMILES string of the molecule is CC.CCc1c2c(nc3ccc(OC(=O)N4CCN(C(=O)N5CCC(C(=O)O)(C(=O)O)CC5)CC4)cc13)-c1cc3c(c(=O)n1C2)COC(=O)C3O. The predicted octanol–water partition coefficient (Wildman–Crippen LogP) is 2.59. The number of carboxylic acids is 2. The Labute approximate surface area is 291 Å². The maximum Gasteiger partial charge on any atom is 0.415 e. The first-order valence-corrected chi connectivity index (χ1v) is 17.0. The molecule has 270 valence electrons. The fraction of sp³-hybridized carbons (Fsp3) is 0.457. The number of carboxylic acid groups (broad SMARTS) is 2. The standard InChI is InChI=1S/C33H33N5O11.C2H6/c1-2-18-19-13-17(3-4-23(19)34-25-21(18)15-38-24(25)14-20-22(27(38)40)16-48-28(41)26(20)39)49-32(47)37-11-9-36(10-12-37)31(46)35-7-5-33(6-8-35,29(42)43)30(44)45;1-2/h3-4,13-14,26,39H,2,5-12,15-16H2,1H3,(H,42,43)(H,44,45);1-2H3. The number of esters is 1. The van der Waals surface area contributed by atoms with Crippen molar-refractivity contribution in [3.63, 3.8) is 0 Å². The van der Waals surface area contributed by atoms with Gasteiger partial charge in [-0.05, 0) is 49.1 Å². The Balaban J connectivity index is 0.00000220. The topological polar surface area (TPSA) is 209 Å². The van der Waals surface area contributed by atoms with E-state index >= 15 is 0 Å². The summed E-state index contributed by atoms with van der Waals surface area (Å²) < 4.78 is 12.3. The Morgan fingerprint density at radius 2 is 1.55 bits per heavy atom. The van der Waals surface area contributed by atoms with Crippen molar-refractivity contribution in [2.24, 2.45) is 5.41 Å². The molecule has 0 saturated carbocycles. The van der Waals surface area contributed by atoms with Gasteiger partial charge < -0.3 is 44.1 Å². The first-order chi connectivity index (χ1) is 24.4. The average Bonchev–Trinajstić information content (AvgIpc) is 3.51. The van der Waals surface area contributed by atoms with Crippen molar-refractivity contribution in [3.8, 4) is 17.1 Å². The van der Waals surface area contributed by atoms with Crippen molar-refractivity contribution in [2.75, 3.05) is 39.3 Å². The van der Waals surface area contributed by atoms with Crippen molar-refractivity contribution in [1.82, 2.24) is 24.3 Å². The highest BCUT2D eigenvalue weighted by atomic mass is 16.6. The van der Waals surface area contributed by atoms with Crippen LogP contribution in [0, 0.1) is 5.41 Å². The minimum atomic E-state index is -1.90. The highest BCUT2D eigenvalue weighted by Gasteiger charge is 2.49. The van der Waals surface area contributed by atoms with Gasteiger partial charge in [0.1, 0.15) is 12.4 Å². The lowest BCUT2D eigenvalue weighted by molar-refractivity contribution is -0.168. The molecule has 0 spiro atoms. The first-order valence-electron chi connectivity index (χ1n) is 17.0. The summed E-state index contributed by atoms with van der Waals surface area (Å²) in [5.41, 5.74) is 1.65. The smallest absolute Gasteiger partial charge is 0.415 e. The predicted molar refractivity (Wildman–Crippen MR) is 179 cm³/mol. The number of ether oxygens (including phenoxy) is 2. The van der Waals surface area contributed by atoms with Gasteiger partial charge in [0.15, 0.2) is 11.5 Å². The molecule has 16 nitrogen and oxygen atoms in total. The van der Waals surface area contributed by atoms with Crippen molar-refractivity contribution >= 4 is 40.9 Å². The number of pyridine rings is 2. The molecular weight excluding hydrogens is 666 g/mol. The fourth-order valence-electron chi connectivity index (χ4n) is 7.20. The van der Waals surface area contributed by atoms with Crippen LogP contribution in [0.2, 0.25) is 0 Å². The molecule has 2 aromatic heterocycles. The summed E-state index contributed by atoms with van der Waals surface area (Å²) in [5, 5.41) is 30.0. The van der Waals surface area contributed by atoms with E-state index in [1.165, 1.54) is 9.80 Å². The summed E-state index contributed by atoms with van der Waals surface area (Å²) in [6.07, 6.45) is -1.92. The molecule has 1 atom stereocenters. The summed E-state index contributed by atoms with van der Waals surface area (Å²) in [5.74, 6) is -3.33. The number of urea groups is 1. The molecule has 6 heterocycles. The van der Waals surface area contributed by atoms with E-state index in [1.807, 2.05) is 20.8 Å². The second-order valence-corrected chi connectivity index (χ2v) is 12.6. The Bertz CT molecular complexity index is 1990. The van der Waals surface area contributed by atoms with E-state index in [1.54, 1.807) is 33.7 Å². The molecule has 2 fully saturated rings. The molecule has 3 N–H and O–H groups in total. The molecule has 1 unspecified atom stereocenters. The highest BCUT2D eigenvalue weighted by molar-refractivity contribution is 5.98. The zero-order valence-corrected chi connectivity index (χ0v) is 28.5. The Kier molecular flexibility index (Phi) is 9.46. The van der Waals surface area contributed by atoms with Crippen LogP contribution in [-0.4, -0.2) is 109 Å². The number of cyclic esters (lactones) is 1. The molecule has 4 aliphatic rings. The number of nitrogens with zero attached hydrogens (tertiary/aromatic N) is 5. The van der Waals surface area contributed by atoms with Gasteiger partial charge in [0.25, 0.3) is 5.56 Å². The molecule has 0 radical (unpaired) electrons. The van der Waals surface area contributed by atoms with Crippen LogP contribution >= 0.6 is 0 Å². The van der Waals surface area contributed by atoms with Gasteiger partial charge in [0.05, 0.1) is 29.0 Å². The van der Waals surface area contributed by atoms with Crippen LogP contribution < -0.4 is 10.3 Å². The fourth-order valence-corrected chi connectivity index (χ4v) is 7.20. The third kappa shape index (κ3) is 5.92. The maximum atomic E-state index is 13.4. The number of amides is 3. The first kappa shape index (κ1) is 35.3. The zero-order valence-electron chi connectivity index (χ0n) is 28.5. The number of piperazine rings is 1. The third-order valence-corrected chi connectivity index (χ3v) is 10.1. The third-order valence-electron chi connectivity index (χ3n) is 10.1. The van der Waals surface area contributed by atoms with Gasteiger partial charge >= 0.3 is 30.0 Å². The van der Waals surface area contributed by atoms with Crippen LogP contribution in [-0.2, 0) is 38.7 Å². The van der Waals surface area contributed by atoms with E-state index < -0.39 is 35.5 Å². The van der Waals surface area contributed by atoms with Gasteiger partial charge in [-0.25, -0.2) is 19.4 Å². The number of aryl methyl sites for hydroxylation is 1. The lowest BCUT2D eigenvalue weighted by Gasteiger charge is -2.40. The normalized spacial score (nSPS) is 18.9. The molecule has 1 aromatic carbocycles. The zero-order chi connectivity index (χ0) is 36.8. The number of aliphatic hydroxyl groups is 1. The number of rotatable bonds is 4. The number of aromatic nitrogens is 2. The van der Waals surface area contributed by atoms with Crippen LogP contribution in [0.3, 0.4) is 0 Å². The molecule has 0 aliphatic carbocycles. The van der Waals surface area contributed by atoms with Crippen molar-refractivity contribution < 1.29 is 48.8 Å². The van der Waals surface area contributed by atoms with Gasteiger partial charge in [-0.1, -0.05) is 20.8 Å². The van der Waals surface area contributed by atoms with Crippen molar-refractivity contribution in [2.45, 2.75) is 59.3 Å². The minimum Gasteiger partial charge on any atom is -0.480 e. The average molecular weight is 706 g/mol. The van der Waals surface area contributed by atoms with E-state index in [9.17, 15) is 44.1 Å². The summed E-state index contributed by atoms with van der Waals surface area (Å²) in [6.45, 7) is 6.88. The van der Waals surface area contributed by atoms with E-state index in [0.717, 1.165) is 16.5 Å². The largest absolute Gasteiger partial charge is 0.480 e. The number of carbonyl (C=O) groups excluding carboxylic acids is 3. The van der Waals surface area contributed by atoms with Crippen LogP contribution in [0.1, 0.15) is 62.0 Å². The monoisotopic (exact) mass is 705 g/mol. The molecule has 2 saturated heterocycles. The lowest BCUT2D eigenvalue weighted by atomic mass is 9.78. The van der Waals surface area contributed by atoms with Gasteiger partial charge in [-0.15, -0.1) is 0 Å². The van der Waals surface area contributed by atoms with E-state index in [0.29, 0.717) is 29.1 Å².